The van der Waals surface area contributed by atoms with Gasteiger partial charge in [0.05, 0.1) is 12.5 Å². The van der Waals surface area contributed by atoms with Crippen LogP contribution in [0.25, 0.3) is 11.1 Å². The Balaban J connectivity index is 1.72. The van der Waals surface area contributed by atoms with Crippen LogP contribution in [0.2, 0.25) is 0 Å². The first kappa shape index (κ1) is 33.8. The monoisotopic (exact) mass is 633 g/mol. The number of nitrogens with one attached hydrogen (secondary N) is 1. The minimum atomic E-state index is -1.58. The summed E-state index contributed by atoms with van der Waals surface area (Å²) in [5, 5.41) is 12.1. The van der Waals surface area contributed by atoms with Crippen LogP contribution in [0.3, 0.4) is 0 Å². The number of hydrogen-bond donors (Lipinski definition) is 2. The molecule has 0 saturated carbocycles. The van der Waals surface area contributed by atoms with Crippen molar-refractivity contribution in [3.8, 4) is 11.1 Å². The molecule has 7 nitrogen and oxygen atoms in total. The summed E-state index contributed by atoms with van der Waals surface area (Å²) in [5.41, 5.74) is 0.274. The normalized spacial score (nSPS) is 15.2. The van der Waals surface area contributed by atoms with Gasteiger partial charge >= 0.3 is 5.97 Å². The lowest BCUT2D eigenvalue weighted by Crippen LogP contribution is -2.49. The molecule has 0 spiro atoms. The summed E-state index contributed by atoms with van der Waals surface area (Å²) >= 11 is 0. The number of aliphatic carboxylic acids is 1. The average molecular weight is 634 g/mol. The zero-order chi connectivity index (χ0) is 33.2. The smallest absolute Gasteiger partial charge is 0.305 e. The Kier molecular flexibility index (Phi) is 10.5. The maximum absolute atomic E-state index is 15.3. The number of carbonyl (C=O) groups excluding carboxylic acids is 1. The number of aromatic nitrogens is 1. The predicted molar refractivity (Wildman–Crippen MR) is 159 cm³/mol. The highest BCUT2D eigenvalue weighted by molar-refractivity contribution is 5.82. The Bertz CT molecular complexity index is 1630. The van der Waals surface area contributed by atoms with Crippen LogP contribution in [0.1, 0.15) is 61.0 Å². The molecule has 1 aliphatic rings. The number of benzene rings is 2. The van der Waals surface area contributed by atoms with Gasteiger partial charge in [-0.1, -0.05) is 13.8 Å². The van der Waals surface area contributed by atoms with Crippen LogP contribution in [0.4, 0.5) is 22.0 Å². The van der Waals surface area contributed by atoms with Crippen LogP contribution in [0, 0.1) is 43.0 Å². The number of aryl methyl sites for hydroxylation is 2. The zero-order valence-electron chi connectivity index (χ0n) is 25.5. The van der Waals surface area contributed by atoms with Crippen LogP contribution in [-0.2, 0) is 16.0 Å². The molecule has 0 radical (unpaired) electrons. The maximum atomic E-state index is 15.3. The summed E-state index contributed by atoms with van der Waals surface area (Å²) in [6.07, 6.45) is -0.0967. The fourth-order valence-corrected chi connectivity index (χ4v) is 5.82. The molecule has 1 aromatic heterocycles. The Morgan fingerprint density at radius 3 is 2.22 bits per heavy atom. The largest absolute Gasteiger partial charge is 0.481 e. The molecule has 12 heteroatoms. The van der Waals surface area contributed by atoms with E-state index in [1.165, 1.54) is 24.4 Å². The molecule has 242 valence electrons. The number of pyridine rings is 1. The van der Waals surface area contributed by atoms with Gasteiger partial charge in [0, 0.05) is 31.4 Å². The summed E-state index contributed by atoms with van der Waals surface area (Å²) in [6.45, 7) is 7.63. The maximum Gasteiger partial charge on any atom is 0.305 e. The molecule has 2 N–H and O–H groups in total. The molecule has 1 amide bonds. The third-order valence-corrected chi connectivity index (χ3v) is 7.93. The second-order valence-corrected chi connectivity index (χ2v) is 12.1. The van der Waals surface area contributed by atoms with Gasteiger partial charge in [0.1, 0.15) is 18.0 Å². The number of halogens is 5. The van der Waals surface area contributed by atoms with Crippen molar-refractivity contribution in [2.75, 3.05) is 19.6 Å². The van der Waals surface area contributed by atoms with Gasteiger partial charge < -0.3 is 15.0 Å². The van der Waals surface area contributed by atoms with Crippen molar-refractivity contribution in [1.29, 1.82) is 0 Å². The first-order valence-corrected chi connectivity index (χ1v) is 14.7. The zero-order valence-corrected chi connectivity index (χ0v) is 25.5. The summed E-state index contributed by atoms with van der Waals surface area (Å²) in [4.78, 5) is 40.4. The summed E-state index contributed by atoms with van der Waals surface area (Å²) in [7, 11) is 0. The minimum absolute atomic E-state index is 0.0366. The lowest BCUT2D eigenvalue weighted by Gasteiger charge is -2.34. The van der Waals surface area contributed by atoms with E-state index in [1.54, 1.807) is 27.7 Å². The summed E-state index contributed by atoms with van der Waals surface area (Å²) in [5.74, 6) is -6.82. The van der Waals surface area contributed by atoms with E-state index in [1.807, 2.05) is 4.90 Å². The van der Waals surface area contributed by atoms with E-state index in [0.29, 0.717) is 28.8 Å². The SMILES string of the molecule is Cc1cc(F)cc(C)c1-c1cc(F)c(F)c([C@H](CC(=O)O)NC(=O)C(CC(C)C)n2cc(CCN3CC(F)C3)cc(F)c2=O)c1. The second kappa shape index (κ2) is 13.9. The predicted octanol–water partition coefficient (Wildman–Crippen LogP) is 5.80. The third-order valence-electron chi connectivity index (χ3n) is 7.93. The highest BCUT2D eigenvalue weighted by atomic mass is 19.2. The number of carbonyl (C=O) groups is 2. The number of nitrogens with zero attached hydrogens (tertiary/aromatic N) is 2. The first-order valence-electron chi connectivity index (χ1n) is 14.7. The number of amides is 1. The Hall–Kier alpha value is -4.06. The van der Waals surface area contributed by atoms with Crippen molar-refractivity contribution in [2.24, 2.45) is 5.92 Å². The second-order valence-electron chi connectivity index (χ2n) is 12.1. The van der Waals surface area contributed by atoms with Gasteiger partial charge in [-0.25, -0.2) is 22.0 Å². The summed E-state index contributed by atoms with van der Waals surface area (Å²) < 4.78 is 73.3. The fourth-order valence-electron chi connectivity index (χ4n) is 5.82. The molecule has 2 heterocycles. The number of carboxylic acids is 1. The van der Waals surface area contributed by atoms with Crippen molar-refractivity contribution in [1.82, 2.24) is 14.8 Å². The van der Waals surface area contributed by atoms with Crippen LogP contribution in [0.15, 0.2) is 41.3 Å². The standard InChI is InChI=1S/C33H36F5N3O4/c1-17(2)7-28(41-14-20(10-26(37)33(41)45)5-6-40-15-23(35)16-40)32(44)39-27(13-29(42)43)24-11-21(12-25(36)31(24)38)30-18(3)8-22(34)9-19(30)4/h8-12,14,17,23,27-28H,5-7,13,15-16H2,1-4H3,(H,39,44)(H,42,43)/t27-,28?/m0/s1. The van der Waals surface area contributed by atoms with E-state index in [4.69, 9.17) is 0 Å². The van der Waals surface area contributed by atoms with E-state index in [-0.39, 0.29) is 37.4 Å². The molecule has 1 unspecified atom stereocenters. The van der Waals surface area contributed by atoms with Crippen molar-refractivity contribution in [3.63, 3.8) is 0 Å². The lowest BCUT2D eigenvalue weighted by molar-refractivity contribution is -0.138. The topological polar surface area (TPSA) is 91.6 Å². The van der Waals surface area contributed by atoms with Crippen LogP contribution < -0.4 is 10.9 Å². The summed E-state index contributed by atoms with van der Waals surface area (Å²) in [6, 6.07) is 2.73. The number of alkyl halides is 1. The van der Waals surface area contributed by atoms with Gasteiger partial charge in [-0.05, 0) is 90.8 Å². The molecular weight excluding hydrogens is 597 g/mol. The average Bonchev–Trinajstić information content (AvgIpc) is 2.91. The molecule has 0 aliphatic carbocycles. The molecule has 1 saturated heterocycles. The Labute approximate surface area is 257 Å². The fraction of sp³-hybridized carbons (Fsp3) is 0.424. The molecule has 45 heavy (non-hydrogen) atoms. The third kappa shape index (κ3) is 7.97. The number of carboxylic acid groups (broad SMARTS) is 1. The van der Waals surface area contributed by atoms with E-state index in [9.17, 15) is 32.7 Å². The molecule has 3 aromatic rings. The van der Waals surface area contributed by atoms with Crippen molar-refractivity contribution in [3.05, 3.63) is 92.4 Å². The van der Waals surface area contributed by atoms with Crippen molar-refractivity contribution < 1.29 is 36.6 Å². The molecular formula is C33H36F5N3O4. The highest BCUT2D eigenvalue weighted by Gasteiger charge is 2.31. The quantitative estimate of drug-likeness (QED) is 0.246. The van der Waals surface area contributed by atoms with Gasteiger partial charge in [0.2, 0.25) is 5.91 Å². The van der Waals surface area contributed by atoms with E-state index in [0.717, 1.165) is 16.7 Å². The minimum Gasteiger partial charge on any atom is -0.481 e. The number of rotatable bonds is 12. The first-order chi connectivity index (χ1) is 21.1. The number of likely N-dealkylation sites (tertiary alicyclic amines) is 1. The molecule has 2 aromatic carbocycles. The molecule has 2 atom stereocenters. The lowest BCUT2D eigenvalue weighted by atomic mass is 9.91. The number of hydrogen-bond acceptors (Lipinski definition) is 4. The van der Waals surface area contributed by atoms with Gasteiger partial charge in [0.25, 0.3) is 5.56 Å². The Morgan fingerprint density at radius 2 is 1.64 bits per heavy atom. The van der Waals surface area contributed by atoms with Crippen molar-refractivity contribution >= 4 is 11.9 Å². The molecule has 4 rings (SSSR count). The molecule has 1 fully saturated rings. The van der Waals surface area contributed by atoms with E-state index >= 15 is 8.78 Å². The highest BCUT2D eigenvalue weighted by Crippen LogP contribution is 2.34. The van der Waals surface area contributed by atoms with Crippen molar-refractivity contribution in [2.45, 2.75) is 65.2 Å². The van der Waals surface area contributed by atoms with Gasteiger partial charge in [0.15, 0.2) is 17.5 Å². The van der Waals surface area contributed by atoms with Crippen LogP contribution >= 0.6 is 0 Å². The molecule has 0 bridgehead atoms. The van der Waals surface area contributed by atoms with E-state index in [2.05, 4.69) is 5.32 Å². The van der Waals surface area contributed by atoms with Crippen LogP contribution in [0.5, 0.6) is 0 Å². The van der Waals surface area contributed by atoms with Gasteiger partial charge in [-0.3, -0.25) is 19.3 Å². The van der Waals surface area contributed by atoms with E-state index < -0.39 is 70.9 Å². The van der Waals surface area contributed by atoms with Gasteiger partial charge in [-0.15, -0.1) is 0 Å². The van der Waals surface area contributed by atoms with Crippen LogP contribution in [-0.4, -0.2) is 52.3 Å². The van der Waals surface area contributed by atoms with Gasteiger partial charge in [-0.2, -0.15) is 0 Å². The Morgan fingerprint density at radius 1 is 1.00 bits per heavy atom. The molecule has 1 aliphatic heterocycles.